The van der Waals surface area contributed by atoms with E-state index in [1.807, 2.05) is 27.7 Å². The monoisotopic (exact) mass is 242 g/mol. The van der Waals surface area contributed by atoms with Crippen LogP contribution in [0.1, 0.15) is 63.1 Å². The molecule has 3 nitrogen and oxygen atoms in total. The van der Waals surface area contributed by atoms with Gasteiger partial charge in [0, 0.05) is 5.41 Å². The van der Waals surface area contributed by atoms with E-state index >= 15 is 0 Å². The minimum absolute atomic E-state index is 0.168. The number of hydrogen-bond acceptors (Lipinski definition) is 2. The highest BCUT2D eigenvalue weighted by molar-refractivity contribution is 6.32. The fraction of sp³-hybridized carbons (Fsp3) is 0.667. The van der Waals surface area contributed by atoms with E-state index in [1.165, 1.54) is 0 Å². The van der Waals surface area contributed by atoms with Crippen molar-refractivity contribution in [2.24, 2.45) is 0 Å². The van der Waals surface area contributed by atoms with Crippen molar-refractivity contribution in [1.29, 1.82) is 0 Å². The Kier molecular flexibility index (Phi) is 3.79. The molecule has 0 N–H and O–H groups in total. The van der Waals surface area contributed by atoms with Gasteiger partial charge >= 0.3 is 0 Å². The van der Waals surface area contributed by atoms with Gasteiger partial charge in [0.1, 0.15) is 5.15 Å². The maximum atomic E-state index is 11.1. The molecule has 1 aromatic heterocycles. The predicted octanol–water partition coefficient (Wildman–Crippen LogP) is 3.62. The van der Waals surface area contributed by atoms with Crippen LogP contribution in [0, 0.1) is 0 Å². The molecule has 0 bridgehead atoms. The smallest absolute Gasteiger partial charge is 0.155 e. The van der Waals surface area contributed by atoms with Gasteiger partial charge in [-0.3, -0.25) is 9.48 Å². The number of nitrogens with zero attached hydrogens (tertiary/aromatic N) is 2. The van der Waals surface area contributed by atoms with Gasteiger partial charge in [-0.15, -0.1) is 0 Å². The number of halogens is 1. The van der Waals surface area contributed by atoms with Crippen LogP contribution in [0.15, 0.2) is 0 Å². The van der Waals surface area contributed by atoms with Crippen LogP contribution in [0.4, 0.5) is 0 Å². The predicted molar refractivity (Wildman–Crippen MR) is 66.3 cm³/mol. The second-order valence-corrected chi connectivity index (χ2v) is 5.48. The molecule has 0 fully saturated rings. The molecule has 1 rings (SSSR count). The lowest BCUT2D eigenvalue weighted by Crippen LogP contribution is -2.15. The molecular formula is C12H19ClN2O. The fourth-order valence-electron chi connectivity index (χ4n) is 1.55. The zero-order valence-corrected chi connectivity index (χ0v) is 11.3. The summed E-state index contributed by atoms with van der Waals surface area (Å²) in [6.07, 6.45) is 1.73. The van der Waals surface area contributed by atoms with Gasteiger partial charge in [-0.05, 0) is 13.3 Å². The summed E-state index contributed by atoms with van der Waals surface area (Å²) in [6.45, 7) is 10.2. The lowest BCUT2D eigenvalue weighted by molar-refractivity contribution is 0.112. The van der Waals surface area contributed by atoms with Gasteiger partial charge in [0.25, 0.3) is 0 Å². The van der Waals surface area contributed by atoms with E-state index in [9.17, 15) is 4.79 Å². The quantitative estimate of drug-likeness (QED) is 0.759. The SMILES string of the molecule is CCC(C)n1nc(C(C)(C)C)c(C=O)c1Cl. The first-order valence-corrected chi connectivity index (χ1v) is 5.94. The van der Waals surface area contributed by atoms with Crippen LogP contribution in [-0.4, -0.2) is 16.1 Å². The summed E-state index contributed by atoms with van der Waals surface area (Å²) in [4.78, 5) is 11.1. The van der Waals surface area contributed by atoms with Crippen molar-refractivity contribution in [2.45, 2.75) is 52.5 Å². The van der Waals surface area contributed by atoms with Crippen molar-refractivity contribution in [3.63, 3.8) is 0 Å². The largest absolute Gasteiger partial charge is 0.298 e. The van der Waals surface area contributed by atoms with Gasteiger partial charge in [0.15, 0.2) is 6.29 Å². The van der Waals surface area contributed by atoms with Crippen LogP contribution < -0.4 is 0 Å². The topological polar surface area (TPSA) is 34.9 Å². The zero-order valence-electron chi connectivity index (χ0n) is 10.5. The standard InChI is InChI=1S/C12H19ClN2O/c1-6-8(2)15-11(13)9(7-16)10(14-15)12(3,4)5/h7-8H,6H2,1-5H3. The van der Waals surface area contributed by atoms with Crippen LogP contribution in [-0.2, 0) is 5.41 Å². The van der Waals surface area contributed by atoms with Gasteiger partial charge in [0.05, 0.1) is 17.3 Å². The maximum Gasteiger partial charge on any atom is 0.155 e. The molecule has 0 aliphatic carbocycles. The molecule has 0 aromatic carbocycles. The highest BCUT2D eigenvalue weighted by Crippen LogP contribution is 2.30. The van der Waals surface area contributed by atoms with Crippen LogP contribution >= 0.6 is 11.6 Å². The molecule has 1 heterocycles. The van der Waals surface area contributed by atoms with Crippen LogP contribution in [0.3, 0.4) is 0 Å². The minimum Gasteiger partial charge on any atom is -0.298 e. The molecule has 0 saturated carbocycles. The molecule has 0 aliphatic rings. The highest BCUT2D eigenvalue weighted by Gasteiger charge is 2.26. The Morgan fingerprint density at radius 3 is 2.38 bits per heavy atom. The van der Waals surface area contributed by atoms with Crippen LogP contribution in [0.2, 0.25) is 5.15 Å². The molecule has 0 spiro atoms. The Bertz CT molecular complexity index is 390. The number of hydrogen-bond donors (Lipinski definition) is 0. The molecule has 90 valence electrons. The van der Waals surface area contributed by atoms with E-state index in [0.717, 1.165) is 18.4 Å². The molecule has 1 aromatic rings. The van der Waals surface area contributed by atoms with Crippen molar-refractivity contribution in [1.82, 2.24) is 9.78 Å². The molecule has 1 atom stereocenters. The van der Waals surface area contributed by atoms with Crippen molar-refractivity contribution in [2.75, 3.05) is 0 Å². The number of aldehydes is 1. The Hall–Kier alpha value is -0.830. The number of rotatable bonds is 3. The van der Waals surface area contributed by atoms with Crippen LogP contribution in [0.25, 0.3) is 0 Å². The molecule has 4 heteroatoms. The van der Waals surface area contributed by atoms with E-state index in [0.29, 0.717) is 10.7 Å². The Balaban J connectivity index is 3.37. The summed E-state index contributed by atoms with van der Waals surface area (Å²) < 4.78 is 1.74. The van der Waals surface area contributed by atoms with E-state index in [4.69, 9.17) is 11.6 Å². The van der Waals surface area contributed by atoms with Gasteiger partial charge < -0.3 is 0 Å². The molecule has 1 unspecified atom stereocenters. The highest BCUT2D eigenvalue weighted by atomic mass is 35.5. The van der Waals surface area contributed by atoms with Gasteiger partial charge in [0.2, 0.25) is 0 Å². The number of aromatic nitrogens is 2. The van der Waals surface area contributed by atoms with Crippen molar-refractivity contribution >= 4 is 17.9 Å². The first-order valence-electron chi connectivity index (χ1n) is 5.56. The summed E-state index contributed by atoms with van der Waals surface area (Å²) in [5, 5.41) is 4.93. The van der Waals surface area contributed by atoms with E-state index in [2.05, 4.69) is 12.0 Å². The molecule has 0 saturated heterocycles. The molecule has 0 aliphatic heterocycles. The number of carbonyl (C=O) groups excluding carboxylic acids is 1. The summed E-state index contributed by atoms with van der Waals surface area (Å²) in [6, 6.07) is 0.210. The third kappa shape index (κ3) is 2.29. The second kappa shape index (κ2) is 4.58. The first kappa shape index (κ1) is 13.2. The lowest BCUT2D eigenvalue weighted by atomic mass is 9.90. The maximum absolute atomic E-state index is 11.1. The molecular weight excluding hydrogens is 224 g/mol. The third-order valence-electron chi connectivity index (χ3n) is 2.72. The zero-order chi connectivity index (χ0) is 12.5. The van der Waals surface area contributed by atoms with Crippen LogP contribution in [0.5, 0.6) is 0 Å². The molecule has 0 amide bonds. The Morgan fingerprint density at radius 1 is 1.50 bits per heavy atom. The summed E-state index contributed by atoms with van der Waals surface area (Å²) in [5.74, 6) is 0. The van der Waals surface area contributed by atoms with E-state index < -0.39 is 0 Å². The Labute approximate surface area is 102 Å². The molecule has 16 heavy (non-hydrogen) atoms. The second-order valence-electron chi connectivity index (χ2n) is 5.12. The molecule has 0 radical (unpaired) electrons. The average molecular weight is 243 g/mol. The van der Waals surface area contributed by atoms with Gasteiger partial charge in [-0.1, -0.05) is 39.3 Å². The van der Waals surface area contributed by atoms with Gasteiger partial charge in [-0.2, -0.15) is 5.10 Å². The lowest BCUT2D eigenvalue weighted by Gasteiger charge is -2.16. The van der Waals surface area contributed by atoms with Crippen molar-refractivity contribution in [3.8, 4) is 0 Å². The average Bonchev–Trinajstić information content (AvgIpc) is 2.53. The number of carbonyl (C=O) groups is 1. The first-order chi connectivity index (χ1) is 7.32. The summed E-state index contributed by atoms with van der Waals surface area (Å²) in [5.41, 5.74) is 1.13. The fourth-order valence-corrected chi connectivity index (χ4v) is 1.89. The minimum atomic E-state index is -0.168. The van der Waals surface area contributed by atoms with Gasteiger partial charge in [-0.25, -0.2) is 0 Å². The van der Waals surface area contributed by atoms with Crippen molar-refractivity contribution < 1.29 is 4.79 Å². The van der Waals surface area contributed by atoms with E-state index in [1.54, 1.807) is 4.68 Å². The van der Waals surface area contributed by atoms with Crippen molar-refractivity contribution in [3.05, 3.63) is 16.4 Å². The Morgan fingerprint density at radius 2 is 2.06 bits per heavy atom. The third-order valence-corrected chi connectivity index (χ3v) is 3.10. The summed E-state index contributed by atoms with van der Waals surface area (Å²) in [7, 11) is 0. The van der Waals surface area contributed by atoms with E-state index in [-0.39, 0.29) is 11.5 Å². The summed E-state index contributed by atoms with van der Waals surface area (Å²) >= 11 is 6.18. The normalized spacial score (nSPS) is 13.9.